The number of hydrogen-bond acceptors (Lipinski definition) is 5. The first-order valence-electron chi connectivity index (χ1n) is 6.90. The van der Waals surface area contributed by atoms with Crippen molar-refractivity contribution in [2.45, 2.75) is 2.95 Å². The zero-order valence-electron chi connectivity index (χ0n) is 13.4. The quantitative estimate of drug-likeness (QED) is 0.147. The second-order valence-electron chi connectivity index (χ2n) is 4.89. The van der Waals surface area contributed by atoms with Crippen LogP contribution in [-0.4, -0.2) is 22.1 Å². The van der Waals surface area contributed by atoms with Gasteiger partial charge in [-0.2, -0.15) is 0 Å². The van der Waals surface area contributed by atoms with Gasteiger partial charge in [0.05, 0.1) is 4.92 Å². The fourth-order valence-electron chi connectivity index (χ4n) is 1.62. The molecule has 2 rings (SSSR count). The van der Waals surface area contributed by atoms with E-state index in [9.17, 15) is 23.3 Å². The van der Waals surface area contributed by atoms with Crippen LogP contribution >= 0.6 is 95.6 Å². The summed E-state index contributed by atoms with van der Waals surface area (Å²) in [6, 6.07) is 14.4. The Labute approximate surface area is 211 Å². The molecule has 0 bridgehead atoms. The highest BCUT2D eigenvalue weighted by Crippen LogP contribution is 2.52. The number of carbonyl (C=O) groups excluding carboxylic acids is 1. The van der Waals surface area contributed by atoms with Crippen molar-refractivity contribution >= 4 is 117 Å². The first-order valence-corrected chi connectivity index (χ1v) is 13.1. The average Bonchev–Trinajstić information content (AvgIpc) is 2.60. The molecule has 0 radical (unpaired) electrons. The lowest BCUT2D eigenvalue weighted by Gasteiger charge is -2.20. The minimum atomic E-state index is -3.51. The Morgan fingerprint density at radius 2 is 1.18 bits per heavy atom. The number of rotatable bonds is 3. The molecule has 0 amide bonds. The average molecular weight is 795 g/mol. The Balaban J connectivity index is 0.000000311. The lowest BCUT2D eigenvalue weighted by molar-refractivity contribution is -0.384. The van der Waals surface area contributed by atoms with Gasteiger partial charge in [0.15, 0.2) is 5.78 Å². The number of halogens is 6. The van der Waals surface area contributed by atoms with E-state index in [2.05, 4.69) is 95.6 Å². The number of nitrogens with zero attached hydrogens (tertiary/aromatic N) is 1. The van der Waals surface area contributed by atoms with Gasteiger partial charge in [-0.1, -0.05) is 30.3 Å². The van der Waals surface area contributed by atoms with Gasteiger partial charge >= 0.3 is 0 Å². The molecule has 0 unspecified atom stereocenters. The molecule has 0 aromatic heterocycles. The molecule has 13 heteroatoms. The van der Waals surface area contributed by atoms with Gasteiger partial charge in [0.1, 0.15) is 0 Å². The molecule has 28 heavy (non-hydrogen) atoms. The number of alkyl halides is 6. The molecule has 152 valence electrons. The Kier molecular flexibility index (Phi) is 9.97. The first kappa shape index (κ1) is 26.4. The summed E-state index contributed by atoms with van der Waals surface area (Å²) in [5, 5.41) is 10.5. The van der Waals surface area contributed by atoms with Crippen molar-refractivity contribution in [1.29, 1.82) is 0 Å². The number of nitro groups is 1. The van der Waals surface area contributed by atoms with Crippen molar-refractivity contribution in [3.05, 3.63) is 75.8 Å². The molecule has 0 N–H and O–H groups in total. The standard InChI is InChI=1S/C13H9NO3.C2Br6O2S/c15-13(10-4-2-1-3-5-10)11-6-8-12(9-7-11)14(16)17;3-1(4,5)11(9,10)2(6,7)8/h1-9H;. The summed E-state index contributed by atoms with van der Waals surface area (Å²) >= 11 is 17.3. The van der Waals surface area contributed by atoms with Crippen molar-refractivity contribution < 1.29 is 18.1 Å². The van der Waals surface area contributed by atoms with Gasteiger partial charge < -0.3 is 0 Å². The second kappa shape index (κ2) is 10.6. The zero-order chi connectivity index (χ0) is 21.8. The Morgan fingerprint density at radius 1 is 0.786 bits per heavy atom. The molecule has 0 aliphatic carbocycles. The number of hydrogen-bond donors (Lipinski definition) is 0. The van der Waals surface area contributed by atoms with Gasteiger partial charge in [-0.25, -0.2) is 8.42 Å². The highest BCUT2D eigenvalue weighted by atomic mass is 80.0. The number of nitro benzene ring substituents is 1. The van der Waals surface area contributed by atoms with Gasteiger partial charge in [0.25, 0.3) is 5.69 Å². The third-order valence-electron chi connectivity index (χ3n) is 2.99. The number of ketones is 1. The van der Waals surface area contributed by atoms with Gasteiger partial charge in [0, 0.05) is 23.3 Å². The Bertz CT molecular complexity index is 918. The molecule has 0 aliphatic rings. The van der Waals surface area contributed by atoms with Crippen LogP contribution in [0, 0.1) is 10.1 Å². The molecule has 0 heterocycles. The van der Waals surface area contributed by atoms with Crippen LogP contribution in [0.5, 0.6) is 0 Å². The monoisotopic (exact) mass is 789 g/mol. The van der Waals surface area contributed by atoms with Gasteiger partial charge in [-0.15, -0.1) is 0 Å². The summed E-state index contributed by atoms with van der Waals surface area (Å²) in [5.74, 6) is -0.138. The maximum atomic E-state index is 12.0. The number of sulfone groups is 1. The first-order chi connectivity index (χ1) is 12.7. The summed E-state index contributed by atoms with van der Waals surface area (Å²) in [5.41, 5.74) is 0.998. The van der Waals surface area contributed by atoms with Crippen LogP contribution in [0.2, 0.25) is 0 Å². The largest absolute Gasteiger partial charge is 0.289 e. The van der Waals surface area contributed by atoms with Crippen molar-refractivity contribution in [1.82, 2.24) is 0 Å². The number of benzene rings is 2. The molecule has 0 fully saturated rings. The maximum absolute atomic E-state index is 12.0. The van der Waals surface area contributed by atoms with E-state index >= 15 is 0 Å². The summed E-state index contributed by atoms with van der Waals surface area (Å²) in [4.78, 5) is 21.9. The molecular formula is C15H9Br6NO5S. The minimum absolute atomic E-state index is 0.0189. The molecule has 2 aromatic carbocycles. The summed E-state index contributed by atoms with van der Waals surface area (Å²) < 4.78 is 20.1. The molecule has 0 saturated carbocycles. The van der Waals surface area contributed by atoms with Gasteiger partial charge in [-0.05, 0) is 108 Å². The maximum Gasteiger partial charge on any atom is 0.269 e. The lowest BCUT2D eigenvalue weighted by Crippen LogP contribution is -2.29. The minimum Gasteiger partial charge on any atom is -0.289 e. The SMILES string of the molecule is O=C(c1ccccc1)c1ccc([N+](=O)[O-])cc1.O=S(=O)(C(Br)(Br)Br)C(Br)(Br)Br. The second-order valence-corrected chi connectivity index (χ2v) is 23.8. The van der Waals surface area contributed by atoms with Crippen molar-refractivity contribution in [3.63, 3.8) is 0 Å². The van der Waals surface area contributed by atoms with E-state index in [1.165, 1.54) is 24.3 Å². The molecule has 0 saturated heterocycles. The van der Waals surface area contributed by atoms with Crippen molar-refractivity contribution in [3.8, 4) is 0 Å². The molecule has 0 aliphatic heterocycles. The highest BCUT2D eigenvalue weighted by Gasteiger charge is 2.49. The van der Waals surface area contributed by atoms with Crippen LogP contribution in [0.3, 0.4) is 0 Å². The van der Waals surface area contributed by atoms with E-state index in [1.807, 2.05) is 6.07 Å². The predicted octanol–water partition coefficient (Wildman–Crippen LogP) is 6.82. The smallest absolute Gasteiger partial charge is 0.269 e. The topological polar surface area (TPSA) is 94.3 Å². The van der Waals surface area contributed by atoms with Crippen LogP contribution in [0.4, 0.5) is 5.69 Å². The van der Waals surface area contributed by atoms with E-state index in [-0.39, 0.29) is 11.5 Å². The zero-order valence-corrected chi connectivity index (χ0v) is 23.7. The predicted molar refractivity (Wildman–Crippen MR) is 131 cm³/mol. The van der Waals surface area contributed by atoms with Crippen LogP contribution in [0.1, 0.15) is 15.9 Å². The summed E-state index contributed by atoms with van der Waals surface area (Å²) in [6.07, 6.45) is 0. The Morgan fingerprint density at radius 3 is 1.50 bits per heavy atom. The van der Waals surface area contributed by atoms with Gasteiger partial charge in [0.2, 0.25) is 12.8 Å². The van der Waals surface area contributed by atoms with Crippen LogP contribution in [-0.2, 0) is 9.84 Å². The van der Waals surface area contributed by atoms with Crippen molar-refractivity contribution in [2.24, 2.45) is 0 Å². The molecule has 2 aromatic rings. The Hall–Kier alpha value is 0.340. The lowest BCUT2D eigenvalue weighted by atomic mass is 10.0. The van der Waals surface area contributed by atoms with E-state index < -0.39 is 17.7 Å². The van der Waals surface area contributed by atoms with E-state index in [0.29, 0.717) is 11.1 Å². The van der Waals surface area contributed by atoms with Crippen LogP contribution in [0.25, 0.3) is 0 Å². The van der Waals surface area contributed by atoms with E-state index in [4.69, 9.17) is 0 Å². The third kappa shape index (κ3) is 7.24. The van der Waals surface area contributed by atoms with Gasteiger partial charge in [-0.3, -0.25) is 14.9 Å². The van der Waals surface area contributed by atoms with E-state index in [0.717, 1.165) is 0 Å². The van der Waals surface area contributed by atoms with E-state index in [1.54, 1.807) is 24.3 Å². The fourth-order valence-corrected chi connectivity index (χ4v) is 12.1. The summed E-state index contributed by atoms with van der Waals surface area (Å²) in [6.45, 7) is 0. The molecule has 0 atom stereocenters. The molecule has 6 nitrogen and oxygen atoms in total. The van der Waals surface area contributed by atoms with Crippen LogP contribution < -0.4 is 0 Å². The third-order valence-corrected chi connectivity index (χ3v) is 11.9. The number of carbonyl (C=O) groups is 1. The molecular weight excluding hydrogens is 786 g/mol. The molecule has 0 spiro atoms. The summed E-state index contributed by atoms with van der Waals surface area (Å²) in [7, 11) is -3.51. The fraction of sp³-hybridized carbons (Fsp3) is 0.133. The van der Waals surface area contributed by atoms with Crippen LogP contribution in [0.15, 0.2) is 54.6 Å². The van der Waals surface area contributed by atoms with Crippen molar-refractivity contribution in [2.75, 3.05) is 0 Å². The number of non-ortho nitro benzene ring substituents is 1. The normalized spacial score (nSPS) is 11.9. The highest BCUT2D eigenvalue weighted by molar-refractivity contribution is 9.46.